The van der Waals surface area contributed by atoms with E-state index >= 15 is 0 Å². The molecule has 3 nitrogen and oxygen atoms in total. The number of halogens is 1. The molecule has 1 aliphatic heterocycles. The smallest absolute Gasteiger partial charge is 0.219 e. The van der Waals surface area contributed by atoms with Crippen molar-refractivity contribution in [2.45, 2.75) is 45.4 Å². The molecule has 0 unspecified atom stereocenters. The Morgan fingerprint density at radius 3 is 2.56 bits per heavy atom. The summed E-state index contributed by atoms with van der Waals surface area (Å²) in [5.41, 5.74) is 0. The molecular weight excluding hydrogens is 224 g/mol. The van der Waals surface area contributed by atoms with E-state index in [0.29, 0.717) is 6.42 Å². The SMILES string of the molecule is CCCC(=O)NCCCCN1CCCC1.Cl. The highest BCUT2D eigenvalue weighted by molar-refractivity contribution is 5.85. The van der Waals surface area contributed by atoms with Crippen molar-refractivity contribution in [1.82, 2.24) is 10.2 Å². The Hall–Kier alpha value is -0.280. The monoisotopic (exact) mass is 248 g/mol. The Morgan fingerprint density at radius 1 is 1.25 bits per heavy atom. The lowest BCUT2D eigenvalue weighted by molar-refractivity contribution is -0.121. The fraction of sp³-hybridized carbons (Fsp3) is 0.917. The Balaban J connectivity index is 0.00000225. The van der Waals surface area contributed by atoms with Crippen LogP contribution >= 0.6 is 12.4 Å². The number of hydrogen-bond acceptors (Lipinski definition) is 2. The quantitative estimate of drug-likeness (QED) is 0.701. The van der Waals surface area contributed by atoms with Gasteiger partial charge in [-0.2, -0.15) is 0 Å². The van der Waals surface area contributed by atoms with E-state index < -0.39 is 0 Å². The highest BCUT2D eigenvalue weighted by atomic mass is 35.5. The number of likely N-dealkylation sites (tertiary alicyclic amines) is 1. The van der Waals surface area contributed by atoms with Crippen LogP contribution in [0.5, 0.6) is 0 Å². The van der Waals surface area contributed by atoms with Crippen molar-refractivity contribution in [1.29, 1.82) is 0 Å². The predicted octanol–water partition coefficient (Wildman–Crippen LogP) is 2.20. The van der Waals surface area contributed by atoms with Crippen LogP contribution in [0.25, 0.3) is 0 Å². The van der Waals surface area contributed by atoms with E-state index in [1.807, 2.05) is 6.92 Å². The van der Waals surface area contributed by atoms with Gasteiger partial charge < -0.3 is 10.2 Å². The third kappa shape index (κ3) is 7.07. The molecule has 4 heteroatoms. The summed E-state index contributed by atoms with van der Waals surface area (Å²) >= 11 is 0. The molecule has 1 N–H and O–H groups in total. The molecule has 1 heterocycles. The minimum Gasteiger partial charge on any atom is -0.356 e. The van der Waals surface area contributed by atoms with E-state index in [1.54, 1.807) is 0 Å². The summed E-state index contributed by atoms with van der Waals surface area (Å²) in [5.74, 6) is 0.207. The van der Waals surface area contributed by atoms with E-state index in [-0.39, 0.29) is 18.3 Å². The van der Waals surface area contributed by atoms with Gasteiger partial charge in [-0.15, -0.1) is 12.4 Å². The fourth-order valence-corrected chi connectivity index (χ4v) is 2.01. The summed E-state index contributed by atoms with van der Waals surface area (Å²) in [6.45, 7) is 6.66. The van der Waals surface area contributed by atoms with Crippen molar-refractivity contribution >= 4 is 18.3 Å². The first kappa shape index (κ1) is 15.7. The lowest BCUT2D eigenvalue weighted by Crippen LogP contribution is -2.25. The van der Waals surface area contributed by atoms with E-state index in [1.165, 1.54) is 38.9 Å². The van der Waals surface area contributed by atoms with Gasteiger partial charge in [0.2, 0.25) is 5.91 Å². The number of amides is 1. The van der Waals surface area contributed by atoms with Crippen molar-refractivity contribution in [3.8, 4) is 0 Å². The lowest BCUT2D eigenvalue weighted by Gasteiger charge is -2.13. The molecule has 1 fully saturated rings. The predicted molar refractivity (Wildman–Crippen MR) is 70.1 cm³/mol. The fourth-order valence-electron chi connectivity index (χ4n) is 2.01. The second kappa shape index (κ2) is 9.91. The molecule has 0 aromatic rings. The van der Waals surface area contributed by atoms with Gasteiger partial charge in [-0.3, -0.25) is 4.79 Å². The van der Waals surface area contributed by atoms with E-state index in [4.69, 9.17) is 0 Å². The maximum atomic E-state index is 11.1. The number of carbonyl (C=O) groups is 1. The topological polar surface area (TPSA) is 32.3 Å². The molecule has 1 amide bonds. The highest BCUT2D eigenvalue weighted by Gasteiger charge is 2.09. The van der Waals surface area contributed by atoms with Crippen LogP contribution in [0, 0.1) is 0 Å². The van der Waals surface area contributed by atoms with Crippen LogP contribution in [-0.2, 0) is 4.79 Å². The zero-order chi connectivity index (χ0) is 10.9. The van der Waals surface area contributed by atoms with Gasteiger partial charge in [0.1, 0.15) is 0 Å². The van der Waals surface area contributed by atoms with Gasteiger partial charge in [-0.1, -0.05) is 6.92 Å². The molecule has 0 bridgehead atoms. The largest absolute Gasteiger partial charge is 0.356 e. The van der Waals surface area contributed by atoms with Crippen molar-refractivity contribution in [2.75, 3.05) is 26.2 Å². The van der Waals surface area contributed by atoms with Crippen LogP contribution in [0.15, 0.2) is 0 Å². The first-order valence-corrected chi connectivity index (χ1v) is 6.32. The molecule has 0 radical (unpaired) electrons. The maximum Gasteiger partial charge on any atom is 0.219 e. The second-order valence-corrected chi connectivity index (χ2v) is 4.36. The minimum atomic E-state index is 0. The van der Waals surface area contributed by atoms with Gasteiger partial charge >= 0.3 is 0 Å². The van der Waals surface area contributed by atoms with Crippen molar-refractivity contribution in [2.24, 2.45) is 0 Å². The van der Waals surface area contributed by atoms with Gasteiger partial charge in [-0.25, -0.2) is 0 Å². The Kier molecular flexibility index (Phi) is 9.74. The summed E-state index contributed by atoms with van der Waals surface area (Å²) in [6, 6.07) is 0. The van der Waals surface area contributed by atoms with Gasteiger partial charge in [-0.05, 0) is 51.7 Å². The number of nitrogens with zero attached hydrogens (tertiary/aromatic N) is 1. The normalized spacial score (nSPS) is 15.8. The molecule has 16 heavy (non-hydrogen) atoms. The van der Waals surface area contributed by atoms with E-state index in [0.717, 1.165) is 19.4 Å². The summed E-state index contributed by atoms with van der Waals surface area (Å²) in [5, 5.41) is 2.95. The molecule has 0 saturated carbocycles. The number of hydrogen-bond donors (Lipinski definition) is 1. The van der Waals surface area contributed by atoms with Gasteiger partial charge in [0.15, 0.2) is 0 Å². The molecular formula is C12H25ClN2O. The Bertz CT molecular complexity index is 182. The third-order valence-corrected chi connectivity index (χ3v) is 2.90. The van der Waals surface area contributed by atoms with Crippen LogP contribution in [0.3, 0.4) is 0 Å². The van der Waals surface area contributed by atoms with Crippen LogP contribution in [-0.4, -0.2) is 37.0 Å². The van der Waals surface area contributed by atoms with Gasteiger partial charge in [0.05, 0.1) is 0 Å². The molecule has 1 aliphatic rings. The van der Waals surface area contributed by atoms with E-state index in [2.05, 4.69) is 10.2 Å². The van der Waals surface area contributed by atoms with Crippen LogP contribution in [0.4, 0.5) is 0 Å². The average molecular weight is 249 g/mol. The van der Waals surface area contributed by atoms with Gasteiger partial charge in [0, 0.05) is 13.0 Å². The summed E-state index contributed by atoms with van der Waals surface area (Å²) in [4.78, 5) is 13.7. The minimum absolute atomic E-state index is 0. The Labute approximate surface area is 105 Å². The van der Waals surface area contributed by atoms with Gasteiger partial charge in [0.25, 0.3) is 0 Å². The third-order valence-electron chi connectivity index (χ3n) is 2.90. The zero-order valence-corrected chi connectivity index (χ0v) is 11.2. The summed E-state index contributed by atoms with van der Waals surface area (Å²) in [6.07, 6.45) is 6.69. The van der Waals surface area contributed by atoms with E-state index in [9.17, 15) is 4.79 Å². The first-order chi connectivity index (χ1) is 7.33. The molecule has 0 aromatic heterocycles. The molecule has 96 valence electrons. The van der Waals surface area contributed by atoms with Crippen molar-refractivity contribution in [3.63, 3.8) is 0 Å². The molecule has 0 aliphatic carbocycles. The zero-order valence-electron chi connectivity index (χ0n) is 10.3. The summed E-state index contributed by atoms with van der Waals surface area (Å²) < 4.78 is 0. The van der Waals surface area contributed by atoms with Crippen molar-refractivity contribution < 1.29 is 4.79 Å². The molecule has 0 aromatic carbocycles. The maximum absolute atomic E-state index is 11.1. The molecule has 1 saturated heterocycles. The summed E-state index contributed by atoms with van der Waals surface area (Å²) in [7, 11) is 0. The van der Waals surface area contributed by atoms with Crippen LogP contribution in [0.2, 0.25) is 0 Å². The number of carbonyl (C=O) groups excluding carboxylic acids is 1. The highest BCUT2D eigenvalue weighted by Crippen LogP contribution is 2.07. The first-order valence-electron chi connectivity index (χ1n) is 6.32. The Morgan fingerprint density at radius 2 is 1.94 bits per heavy atom. The number of rotatable bonds is 7. The number of nitrogens with one attached hydrogen (secondary N) is 1. The molecule has 0 spiro atoms. The molecule has 0 atom stereocenters. The lowest BCUT2D eigenvalue weighted by atomic mass is 10.2. The van der Waals surface area contributed by atoms with Crippen LogP contribution < -0.4 is 5.32 Å². The average Bonchev–Trinajstić information content (AvgIpc) is 2.70. The van der Waals surface area contributed by atoms with Crippen LogP contribution in [0.1, 0.15) is 45.4 Å². The molecule has 1 rings (SSSR count). The second-order valence-electron chi connectivity index (χ2n) is 4.36. The standard InChI is InChI=1S/C12H24N2O.ClH/c1-2-7-12(15)13-8-3-4-9-14-10-5-6-11-14;/h2-11H2,1H3,(H,13,15);1H. The number of unbranched alkanes of at least 4 members (excludes halogenated alkanes) is 1. The van der Waals surface area contributed by atoms with Crippen molar-refractivity contribution in [3.05, 3.63) is 0 Å².